The first-order valence-electron chi connectivity index (χ1n) is 19.8. The fourth-order valence-electron chi connectivity index (χ4n) is 7.24. The number of benzene rings is 1. The van der Waals surface area contributed by atoms with Crippen LogP contribution in [0.5, 0.6) is 0 Å². The van der Waals surface area contributed by atoms with E-state index in [2.05, 4.69) is 0 Å². The topological polar surface area (TPSA) is 292 Å². The second-order valence-corrected chi connectivity index (χ2v) is 14.7. The molecule has 0 aliphatic carbocycles. The molecule has 2 aliphatic rings. The Morgan fingerprint density at radius 3 is 1.27 bits per heavy atom. The summed E-state index contributed by atoms with van der Waals surface area (Å²) < 4.78 is 55.8. The van der Waals surface area contributed by atoms with Gasteiger partial charge in [-0.25, -0.2) is 0 Å². The Bertz CT molecular complexity index is 1840. The van der Waals surface area contributed by atoms with Crippen LogP contribution < -0.4 is 5.73 Å². The number of carbonyl (C=O) groups excluding carboxylic acids is 10. The van der Waals surface area contributed by atoms with Gasteiger partial charge in [0.25, 0.3) is 0 Å². The summed E-state index contributed by atoms with van der Waals surface area (Å²) in [4.78, 5) is 127. The second kappa shape index (κ2) is 23.9. The van der Waals surface area contributed by atoms with E-state index in [-0.39, 0.29) is 12.8 Å². The van der Waals surface area contributed by atoms with E-state index < -0.39 is 153 Å². The molecule has 348 valence electrons. The Kier molecular flexibility index (Phi) is 19.4. The van der Waals surface area contributed by atoms with Gasteiger partial charge in [-0.2, -0.15) is 0 Å². The third-order valence-corrected chi connectivity index (χ3v) is 9.50. The Hall–Kier alpha value is -6.16. The van der Waals surface area contributed by atoms with Crippen LogP contribution in [-0.4, -0.2) is 151 Å². The van der Waals surface area contributed by atoms with Gasteiger partial charge in [0, 0.05) is 68.4 Å². The van der Waals surface area contributed by atoms with Crippen molar-refractivity contribution in [2.75, 3.05) is 19.8 Å². The number of amides is 2. The third kappa shape index (κ3) is 15.9. The molecule has 0 bridgehead atoms. The van der Waals surface area contributed by atoms with E-state index in [0.29, 0.717) is 5.56 Å². The highest BCUT2D eigenvalue weighted by atomic mass is 16.7. The Morgan fingerprint density at radius 1 is 0.524 bits per heavy atom. The van der Waals surface area contributed by atoms with Gasteiger partial charge in [-0.3, -0.25) is 47.9 Å². The number of hydrogen-bond donors (Lipinski definition) is 1. The van der Waals surface area contributed by atoms with Crippen LogP contribution in [0, 0.1) is 0 Å². The molecule has 1 aromatic rings. The summed E-state index contributed by atoms with van der Waals surface area (Å²) in [5, 5.41) is 0. The van der Waals surface area contributed by atoms with Gasteiger partial charge in [0.1, 0.15) is 43.7 Å². The van der Waals surface area contributed by atoms with E-state index in [1.165, 1.54) is 0 Å². The molecular formula is C41H54N2O20. The van der Waals surface area contributed by atoms with Gasteiger partial charge < -0.3 is 58.0 Å². The smallest absolute Gasteiger partial charge is 0.303 e. The highest BCUT2D eigenvalue weighted by molar-refractivity contribution is 5.87. The molecule has 11 atom stereocenters. The zero-order valence-corrected chi connectivity index (χ0v) is 36.2. The van der Waals surface area contributed by atoms with E-state index >= 15 is 0 Å². The minimum Gasteiger partial charge on any atom is -0.463 e. The summed E-state index contributed by atoms with van der Waals surface area (Å²) in [6, 6.07) is 7.04. The van der Waals surface area contributed by atoms with Crippen molar-refractivity contribution in [1.82, 2.24) is 4.90 Å². The summed E-state index contributed by atoms with van der Waals surface area (Å²) in [5.74, 6) is -8.66. The van der Waals surface area contributed by atoms with Crippen molar-refractivity contribution in [1.29, 1.82) is 0 Å². The van der Waals surface area contributed by atoms with Crippen LogP contribution in [0.2, 0.25) is 0 Å². The van der Waals surface area contributed by atoms with Gasteiger partial charge in [-0.15, -0.1) is 0 Å². The maximum absolute atomic E-state index is 14.8. The molecule has 0 saturated carbocycles. The molecule has 3 rings (SSSR count). The summed E-state index contributed by atoms with van der Waals surface area (Å²) in [6.45, 7) is 6.94. The van der Waals surface area contributed by atoms with Crippen LogP contribution in [0.25, 0.3) is 0 Å². The molecule has 2 heterocycles. The van der Waals surface area contributed by atoms with Crippen molar-refractivity contribution in [2.24, 2.45) is 5.73 Å². The van der Waals surface area contributed by atoms with Gasteiger partial charge in [-0.1, -0.05) is 30.3 Å². The maximum atomic E-state index is 14.8. The lowest BCUT2D eigenvalue weighted by molar-refractivity contribution is -0.254. The van der Waals surface area contributed by atoms with Crippen LogP contribution in [0.15, 0.2) is 30.3 Å². The number of ether oxygens (including phenoxy) is 10. The average molecular weight is 895 g/mol. The minimum absolute atomic E-state index is 0.140. The average Bonchev–Trinajstić information content (AvgIpc) is 3.16. The third-order valence-electron chi connectivity index (χ3n) is 9.50. The quantitative estimate of drug-likeness (QED) is 0.141. The molecule has 0 spiro atoms. The van der Waals surface area contributed by atoms with Gasteiger partial charge in [0.15, 0.2) is 36.6 Å². The summed E-state index contributed by atoms with van der Waals surface area (Å²) in [6.07, 6.45) is -16.0. The van der Waals surface area contributed by atoms with Crippen molar-refractivity contribution in [2.45, 2.75) is 142 Å². The van der Waals surface area contributed by atoms with Crippen LogP contribution in [-0.2, 0) is 102 Å². The molecule has 0 aromatic heterocycles. The van der Waals surface area contributed by atoms with Gasteiger partial charge in [0.05, 0.1) is 6.42 Å². The van der Waals surface area contributed by atoms with Crippen LogP contribution in [0.1, 0.15) is 73.8 Å². The first-order chi connectivity index (χ1) is 29.6. The van der Waals surface area contributed by atoms with Crippen LogP contribution in [0.4, 0.5) is 0 Å². The van der Waals surface area contributed by atoms with Gasteiger partial charge in [0.2, 0.25) is 11.8 Å². The van der Waals surface area contributed by atoms with E-state index in [4.69, 9.17) is 53.1 Å². The molecule has 22 heteroatoms. The van der Waals surface area contributed by atoms with Crippen molar-refractivity contribution in [3.8, 4) is 0 Å². The molecule has 2 fully saturated rings. The SMILES string of the molecule is CC(=O)OC[C@@H]1O[C@@H](CCN(C(=O)C[C@@H]2O[C@H](COC(C)=O)[C@@H](OC(C)=O)[C@H](OC(C)=O)[C@H]2OC(C)=O)[C@@H](Cc2ccccc2)C(N)=O)[C@@H](OC(C)=O)[C@H](OC(C)=O)[C@H]1OC(C)=O. The minimum atomic E-state index is -1.63. The molecule has 63 heavy (non-hydrogen) atoms. The van der Waals surface area contributed by atoms with Crippen molar-refractivity contribution in [3.63, 3.8) is 0 Å². The van der Waals surface area contributed by atoms with Crippen molar-refractivity contribution >= 4 is 59.6 Å². The molecular weight excluding hydrogens is 840 g/mol. The lowest BCUT2D eigenvalue weighted by Gasteiger charge is -2.45. The number of esters is 8. The summed E-state index contributed by atoms with van der Waals surface area (Å²) >= 11 is 0. The van der Waals surface area contributed by atoms with Crippen molar-refractivity contribution in [3.05, 3.63) is 35.9 Å². The number of rotatable bonds is 19. The summed E-state index contributed by atoms with van der Waals surface area (Å²) in [5.41, 5.74) is 6.54. The largest absolute Gasteiger partial charge is 0.463 e. The van der Waals surface area contributed by atoms with Gasteiger partial charge >= 0.3 is 47.8 Å². The summed E-state index contributed by atoms with van der Waals surface area (Å²) in [7, 11) is 0. The Labute approximate surface area is 362 Å². The number of carbonyl (C=O) groups is 10. The highest BCUT2D eigenvalue weighted by Gasteiger charge is 2.54. The lowest BCUT2D eigenvalue weighted by atomic mass is 9.91. The number of primary amides is 1. The molecule has 22 nitrogen and oxygen atoms in total. The van der Waals surface area contributed by atoms with Crippen LogP contribution in [0.3, 0.4) is 0 Å². The molecule has 2 N–H and O–H groups in total. The van der Waals surface area contributed by atoms with Crippen LogP contribution >= 0.6 is 0 Å². The first-order valence-corrected chi connectivity index (χ1v) is 19.8. The van der Waals surface area contributed by atoms with E-state index in [1.807, 2.05) is 0 Å². The Balaban J connectivity index is 2.17. The van der Waals surface area contributed by atoms with E-state index in [0.717, 1.165) is 60.3 Å². The van der Waals surface area contributed by atoms with E-state index in [1.54, 1.807) is 30.3 Å². The normalized spacial score (nSPS) is 25.7. The molecule has 2 saturated heterocycles. The monoisotopic (exact) mass is 894 g/mol. The molecule has 2 amide bonds. The molecule has 2 aliphatic heterocycles. The number of hydrogen-bond acceptors (Lipinski definition) is 20. The van der Waals surface area contributed by atoms with Crippen molar-refractivity contribution < 1.29 is 95.3 Å². The zero-order valence-electron chi connectivity index (χ0n) is 36.2. The fourth-order valence-corrected chi connectivity index (χ4v) is 7.24. The zero-order chi connectivity index (χ0) is 47.1. The first kappa shape index (κ1) is 51.2. The van der Waals surface area contributed by atoms with E-state index in [9.17, 15) is 47.9 Å². The second-order valence-electron chi connectivity index (χ2n) is 14.7. The number of nitrogens with two attached hydrogens (primary N) is 1. The number of nitrogens with zero attached hydrogens (tertiary/aromatic N) is 1. The molecule has 1 aromatic carbocycles. The predicted molar refractivity (Wildman–Crippen MR) is 208 cm³/mol. The molecule has 0 radical (unpaired) electrons. The lowest BCUT2D eigenvalue weighted by Crippen LogP contribution is -2.63. The standard InChI is InChI=1S/C41H54N2O20/c1-20(44)54-18-32-37(58-24(5)48)39(60-26(7)50)35(56-22(3)46)30(62-32)14-15-43(29(41(42)53)16-28-12-10-9-11-13-28)34(52)17-31-36(57-23(4)47)40(61-27(8)51)38(59-25(6)49)33(63-31)19-55-21(2)45/h9-13,29-33,35-40H,14-19H2,1-8H3,(H2,42,53)/t29-,30-,31-,32-,33+,35+,36-,37-,38+,39-,40+/m0/s1. The molecule has 0 unspecified atom stereocenters. The highest BCUT2D eigenvalue weighted by Crippen LogP contribution is 2.34. The predicted octanol–water partition coefficient (Wildman–Crippen LogP) is -0.0570. The maximum Gasteiger partial charge on any atom is 0.303 e. The Morgan fingerprint density at radius 2 is 0.889 bits per heavy atom. The fraction of sp³-hybridized carbons (Fsp3) is 0.610. The van der Waals surface area contributed by atoms with Gasteiger partial charge in [-0.05, 0) is 12.0 Å².